The summed E-state index contributed by atoms with van der Waals surface area (Å²) in [4.78, 5) is 8.29. The predicted octanol–water partition coefficient (Wildman–Crippen LogP) is 1.55. The zero-order chi connectivity index (χ0) is 10.7. The summed E-state index contributed by atoms with van der Waals surface area (Å²) in [6.07, 6.45) is 1.97. The lowest BCUT2D eigenvalue weighted by atomic mass is 9.96. The van der Waals surface area contributed by atoms with Crippen molar-refractivity contribution < 1.29 is 4.74 Å². The number of nitriles is 1. The zero-order valence-electron chi connectivity index (χ0n) is 8.73. The predicted molar refractivity (Wildman–Crippen MR) is 54.3 cm³/mol. The van der Waals surface area contributed by atoms with Crippen molar-refractivity contribution >= 4 is 0 Å². The minimum absolute atomic E-state index is 0.275. The molecule has 0 spiro atoms. The Morgan fingerprint density at radius 2 is 2.13 bits per heavy atom. The molecule has 15 heavy (non-hydrogen) atoms. The molecule has 0 bridgehead atoms. The fourth-order valence-corrected chi connectivity index (χ4v) is 1.85. The molecule has 0 aromatic carbocycles. The van der Waals surface area contributed by atoms with Gasteiger partial charge < -0.3 is 4.74 Å². The van der Waals surface area contributed by atoms with Crippen LogP contribution in [0.15, 0.2) is 6.07 Å². The molecule has 2 heterocycles. The molecule has 0 aliphatic carbocycles. The van der Waals surface area contributed by atoms with Gasteiger partial charge in [0.05, 0.1) is 0 Å². The SMILES string of the molecule is Cc1cc(C2CCOCC2)nc(C#N)n1. The van der Waals surface area contributed by atoms with Crippen LogP contribution in [0.3, 0.4) is 0 Å². The van der Waals surface area contributed by atoms with E-state index in [0.717, 1.165) is 37.4 Å². The molecule has 78 valence electrons. The van der Waals surface area contributed by atoms with Gasteiger partial charge in [-0.3, -0.25) is 0 Å². The molecule has 0 unspecified atom stereocenters. The Bertz CT molecular complexity index is 391. The van der Waals surface area contributed by atoms with E-state index in [4.69, 9.17) is 10.00 Å². The summed E-state index contributed by atoms with van der Waals surface area (Å²) in [6.45, 7) is 3.47. The van der Waals surface area contributed by atoms with Gasteiger partial charge in [0.15, 0.2) is 0 Å². The Labute approximate surface area is 88.9 Å². The minimum atomic E-state index is 0.275. The largest absolute Gasteiger partial charge is 0.381 e. The van der Waals surface area contributed by atoms with Crippen molar-refractivity contribution in [3.63, 3.8) is 0 Å². The summed E-state index contributed by atoms with van der Waals surface area (Å²) in [5, 5.41) is 8.79. The van der Waals surface area contributed by atoms with Crippen LogP contribution in [0, 0.1) is 18.3 Å². The van der Waals surface area contributed by atoms with Crippen LogP contribution in [0.2, 0.25) is 0 Å². The maximum atomic E-state index is 8.79. The lowest BCUT2D eigenvalue weighted by molar-refractivity contribution is 0.0844. The fourth-order valence-electron chi connectivity index (χ4n) is 1.85. The average molecular weight is 203 g/mol. The lowest BCUT2D eigenvalue weighted by Gasteiger charge is -2.21. The molecule has 1 saturated heterocycles. The number of ether oxygens (including phenoxy) is 1. The first-order chi connectivity index (χ1) is 7.29. The normalized spacial score (nSPS) is 17.3. The molecule has 1 fully saturated rings. The van der Waals surface area contributed by atoms with Crippen molar-refractivity contribution in [1.82, 2.24) is 9.97 Å². The van der Waals surface area contributed by atoms with Crippen LogP contribution in [0.1, 0.15) is 36.0 Å². The molecular formula is C11H13N3O. The van der Waals surface area contributed by atoms with Gasteiger partial charge in [-0.2, -0.15) is 5.26 Å². The summed E-state index contributed by atoms with van der Waals surface area (Å²) in [6, 6.07) is 3.96. The van der Waals surface area contributed by atoms with Gasteiger partial charge in [-0.25, -0.2) is 9.97 Å². The van der Waals surface area contributed by atoms with Gasteiger partial charge in [-0.1, -0.05) is 0 Å². The summed E-state index contributed by atoms with van der Waals surface area (Å²) < 4.78 is 5.30. The van der Waals surface area contributed by atoms with Gasteiger partial charge in [0.1, 0.15) is 6.07 Å². The van der Waals surface area contributed by atoms with Crippen LogP contribution in [-0.4, -0.2) is 23.2 Å². The summed E-state index contributed by atoms with van der Waals surface area (Å²) >= 11 is 0. The number of aromatic nitrogens is 2. The van der Waals surface area contributed by atoms with Crippen LogP contribution in [0.25, 0.3) is 0 Å². The second-order valence-electron chi connectivity index (χ2n) is 3.76. The van der Waals surface area contributed by atoms with Gasteiger partial charge in [-0.15, -0.1) is 0 Å². The maximum absolute atomic E-state index is 8.79. The van der Waals surface area contributed by atoms with Crippen LogP contribution < -0.4 is 0 Å². The maximum Gasteiger partial charge on any atom is 0.232 e. The van der Waals surface area contributed by atoms with E-state index in [9.17, 15) is 0 Å². The Kier molecular flexibility index (Phi) is 2.93. The van der Waals surface area contributed by atoms with E-state index in [0.29, 0.717) is 5.92 Å². The van der Waals surface area contributed by atoms with E-state index >= 15 is 0 Å². The van der Waals surface area contributed by atoms with E-state index in [-0.39, 0.29) is 5.82 Å². The highest BCUT2D eigenvalue weighted by Gasteiger charge is 2.18. The topological polar surface area (TPSA) is 58.8 Å². The molecule has 1 aromatic heterocycles. The number of aryl methyl sites for hydroxylation is 1. The van der Waals surface area contributed by atoms with E-state index in [2.05, 4.69) is 9.97 Å². The standard InChI is InChI=1S/C11H13N3O/c1-8-6-10(14-11(7-12)13-8)9-2-4-15-5-3-9/h6,9H,2-5H2,1H3. The molecule has 1 aliphatic heterocycles. The first-order valence-corrected chi connectivity index (χ1v) is 5.13. The van der Waals surface area contributed by atoms with Crippen molar-refractivity contribution in [2.45, 2.75) is 25.7 Å². The monoisotopic (exact) mass is 203 g/mol. The molecule has 0 N–H and O–H groups in total. The third kappa shape index (κ3) is 2.31. The van der Waals surface area contributed by atoms with Crippen molar-refractivity contribution in [2.24, 2.45) is 0 Å². The molecule has 4 nitrogen and oxygen atoms in total. The average Bonchev–Trinajstić information content (AvgIpc) is 2.29. The molecule has 4 heteroatoms. The zero-order valence-corrected chi connectivity index (χ0v) is 8.73. The number of rotatable bonds is 1. The highest BCUT2D eigenvalue weighted by Crippen LogP contribution is 2.25. The van der Waals surface area contributed by atoms with Gasteiger partial charge in [0, 0.05) is 30.5 Å². The smallest absolute Gasteiger partial charge is 0.232 e. The van der Waals surface area contributed by atoms with Crippen LogP contribution >= 0.6 is 0 Å². The molecule has 0 atom stereocenters. The van der Waals surface area contributed by atoms with Gasteiger partial charge >= 0.3 is 0 Å². The second-order valence-corrected chi connectivity index (χ2v) is 3.76. The summed E-state index contributed by atoms with van der Waals surface area (Å²) in [5.41, 5.74) is 1.85. The van der Waals surface area contributed by atoms with Crippen molar-refractivity contribution in [2.75, 3.05) is 13.2 Å². The van der Waals surface area contributed by atoms with E-state index in [1.54, 1.807) is 0 Å². The second kappa shape index (κ2) is 4.37. The van der Waals surface area contributed by atoms with Crippen LogP contribution in [0.5, 0.6) is 0 Å². The third-order valence-electron chi connectivity index (χ3n) is 2.61. The van der Waals surface area contributed by atoms with E-state index < -0.39 is 0 Å². The van der Waals surface area contributed by atoms with E-state index in [1.165, 1.54) is 0 Å². The number of nitrogens with zero attached hydrogens (tertiary/aromatic N) is 3. The quantitative estimate of drug-likeness (QED) is 0.694. The van der Waals surface area contributed by atoms with Crippen molar-refractivity contribution in [3.8, 4) is 6.07 Å². The van der Waals surface area contributed by atoms with Crippen molar-refractivity contribution in [1.29, 1.82) is 5.26 Å². The molecule has 0 saturated carbocycles. The highest BCUT2D eigenvalue weighted by molar-refractivity contribution is 5.20. The Balaban J connectivity index is 2.27. The highest BCUT2D eigenvalue weighted by atomic mass is 16.5. The van der Waals surface area contributed by atoms with Gasteiger partial charge in [0.25, 0.3) is 0 Å². The Morgan fingerprint density at radius 1 is 1.40 bits per heavy atom. The van der Waals surface area contributed by atoms with E-state index in [1.807, 2.05) is 19.1 Å². The van der Waals surface area contributed by atoms with Gasteiger partial charge in [-0.05, 0) is 25.8 Å². The molecule has 1 aromatic rings. The van der Waals surface area contributed by atoms with Crippen molar-refractivity contribution in [3.05, 3.63) is 23.3 Å². The lowest BCUT2D eigenvalue weighted by Crippen LogP contribution is -2.16. The summed E-state index contributed by atoms with van der Waals surface area (Å²) in [7, 11) is 0. The molecule has 1 aliphatic rings. The molecular weight excluding hydrogens is 190 g/mol. The first-order valence-electron chi connectivity index (χ1n) is 5.13. The number of hydrogen-bond acceptors (Lipinski definition) is 4. The number of hydrogen-bond donors (Lipinski definition) is 0. The van der Waals surface area contributed by atoms with Crippen LogP contribution in [-0.2, 0) is 4.74 Å². The summed E-state index contributed by atoms with van der Waals surface area (Å²) in [5.74, 6) is 0.698. The molecule has 0 amide bonds. The first kappa shape index (κ1) is 10.1. The van der Waals surface area contributed by atoms with Crippen LogP contribution in [0.4, 0.5) is 0 Å². The molecule has 0 radical (unpaired) electrons. The van der Waals surface area contributed by atoms with Gasteiger partial charge in [0.2, 0.25) is 5.82 Å². The Morgan fingerprint density at radius 3 is 2.80 bits per heavy atom. The minimum Gasteiger partial charge on any atom is -0.381 e. The Hall–Kier alpha value is -1.47. The third-order valence-corrected chi connectivity index (χ3v) is 2.61. The fraction of sp³-hybridized carbons (Fsp3) is 0.545. The molecule has 2 rings (SSSR count).